The van der Waals surface area contributed by atoms with Crippen molar-refractivity contribution in [3.63, 3.8) is 0 Å². The molecule has 3 aromatic rings. The van der Waals surface area contributed by atoms with Gasteiger partial charge in [0, 0.05) is 32.2 Å². The highest BCUT2D eigenvalue weighted by Crippen LogP contribution is 2.44. The van der Waals surface area contributed by atoms with E-state index in [2.05, 4.69) is 65.1 Å². The predicted octanol–water partition coefficient (Wildman–Crippen LogP) is 2.54. The molecule has 0 fully saturated rings. The molecular weight excluding hydrogens is 1460 g/mol. The molecule has 32 nitrogen and oxygen atoms in total. The number of amides is 12. The molecule has 632 valence electrons. The third-order valence-electron chi connectivity index (χ3n) is 19.4. The monoisotopic (exact) mass is 1590 g/mol. The minimum Gasteiger partial charge on any atom is -0.460 e. The summed E-state index contributed by atoms with van der Waals surface area (Å²) in [4.78, 5) is 183. The van der Waals surface area contributed by atoms with Crippen molar-refractivity contribution in [1.82, 2.24) is 58.5 Å². The average molecular weight is 1590 g/mol. The first-order chi connectivity index (χ1) is 54.7. The highest BCUT2D eigenvalue weighted by Gasteiger charge is 2.38. The predicted molar refractivity (Wildman–Crippen MR) is 435 cm³/mol. The van der Waals surface area contributed by atoms with Gasteiger partial charge in [0.1, 0.15) is 73.6 Å². The lowest BCUT2D eigenvalue weighted by Gasteiger charge is -2.29. The van der Waals surface area contributed by atoms with Crippen molar-refractivity contribution in [2.75, 3.05) is 52.5 Å². The number of carbonyl (C=O) groups excluding carboxylic acids is 13. The Kier molecular flexibility index (Phi) is 45.7. The Morgan fingerprint density at radius 2 is 0.719 bits per heavy atom. The molecule has 10 atom stereocenters. The number of nitrogens with one attached hydrogen (secondary N) is 11. The normalized spacial score (nSPS) is 14.2. The standard InChI is InChI=1S/C82H129N17O15/c1-7-47-113-81(111)67(39-40-71(88)101)95-79(109)69(49-53(4)5)97-74(104)63(35-17-23-43-85)90-73(103)62(34-16-22-42-84)94-80(110)70(50-55-27-9-8-10-28-55)98-76(106)65(38-20-26-46-89-54(6)100)91-72(102)61(33-15-21-41-83)93-78(108)68(48-52(2)3)96-75(105)64(36-18-24-44-86)92-77(107)66(37-19-25-45-87)99-82(112)114-51-60-58-31-13-11-29-56(58)57-30-12-14-32-59(57)60/h7-14,27-32,52-53,60-70H,1,15-26,33-51,83-87H2,2-6H3,(H2,88,101)(H,89,100)(H,90,103)(H,91,102)(H,92,107)(H,93,108)(H,94,110)(H,95,109)(H,96,105)(H,97,104)(H,98,106)(H,99,112)/t61-,62-,63-,64-,65-,66-,67-,68-,69-,70-/m0/s1. The van der Waals surface area contributed by atoms with Crippen LogP contribution in [0.25, 0.3) is 11.1 Å². The van der Waals surface area contributed by atoms with Crippen LogP contribution in [0.15, 0.2) is 91.5 Å². The number of nitrogens with two attached hydrogens (primary N) is 6. The van der Waals surface area contributed by atoms with Crippen LogP contribution in [-0.2, 0) is 73.4 Å². The SMILES string of the molecule is C=CCOC(=O)[C@H](CCC(N)=O)NC(=O)[C@H](CC(C)C)NC(=O)[C@H](CCCCN)NC(=O)[C@H](CCCCN)NC(=O)[C@H](Cc1ccccc1)NC(=O)[C@H](CCCCNC(C)=O)NC(=O)[C@H](CCCCN)NC(=O)[C@H](CC(C)C)NC(=O)[C@H](CCCCN)NC(=O)[C@H](CCCCN)NC(=O)OCC1c2ccccc2-c2ccccc21. The number of hydrogen-bond donors (Lipinski definition) is 17. The maximum atomic E-state index is 15.1. The summed E-state index contributed by atoms with van der Waals surface area (Å²) in [6, 6.07) is 11.3. The zero-order valence-corrected chi connectivity index (χ0v) is 67.3. The van der Waals surface area contributed by atoms with Crippen molar-refractivity contribution < 1.29 is 71.8 Å². The number of ether oxygens (including phenoxy) is 2. The first-order valence-electron chi connectivity index (χ1n) is 40.4. The molecule has 0 spiro atoms. The summed E-state index contributed by atoms with van der Waals surface area (Å²) in [5.41, 5.74) is 39.6. The van der Waals surface area contributed by atoms with Gasteiger partial charge in [-0.25, -0.2) is 9.59 Å². The molecule has 0 heterocycles. The molecule has 0 aliphatic heterocycles. The average Bonchev–Trinajstić information content (AvgIpc) is 1.62. The zero-order chi connectivity index (χ0) is 83.9. The summed E-state index contributed by atoms with van der Waals surface area (Å²) >= 11 is 0. The van der Waals surface area contributed by atoms with Crippen LogP contribution in [0.1, 0.15) is 198 Å². The van der Waals surface area contributed by atoms with Crippen LogP contribution in [0, 0.1) is 11.8 Å². The molecule has 4 rings (SSSR count). The molecule has 0 aromatic heterocycles. The molecule has 3 aromatic carbocycles. The zero-order valence-electron chi connectivity index (χ0n) is 67.3. The Bertz CT molecular complexity index is 3500. The highest BCUT2D eigenvalue weighted by molar-refractivity contribution is 5.99. The van der Waals surface area contributed by atoms with E-state index in [1.54, 1.807) is 44.2 Å². The maximum absolute atomic E-state index is 15.1. The molecule has 114 heavy (non-hydrogen) atoms. The summed E-state index contributed by atoms with van der Waals surface area (Å²) in [5, 5.41) is 30.6. The van der Waals surface area contributed by atoms with Crippen molar-refractivity contribution in [1.29, 1.82) is 0 Å². The fraction of sp³-hybridized carbons (Fsp3) is 0.598. The summed E-state index contributed by atoms with van der Waals surface area (Å²) in [7, 11) is 0. The van der Waals surface area contributed by atoms with Gasteiger partial charge in [-0.05, 0) is 207 Å². The van der Waals surface area contributed by atoms with E-state index < -0.39 is 132 Å². The van der Waals surface area contributed by atoms with Gasteiger partial charge in [-0.2, -0.15) is 0 Å². The van der Waals surface area contributed by atoms with Crippen LogP contribution in [-0.4, -0.2) is 190 Å². The van der Waals surface area contributed by atoms with Gasteiger partial charge in [0.2, 0.25) is 65.0 Å². The van der Waals surface area contributed by atoms with Gasteiger partial charge >= 0.3 is 12.1 Å². The molecule has 0 bridgehead atoms. The largest absolute Gasteiger partial charge is 0.460 e. The second kappa shape index (κ2) is 54.0. The number of carbonyl (C=O) groups is 13. The van der Waals surface area contributed by atoms with E-state index in [9.17, 15) is 47.9 Å². The number of esters is 1. The number of benzene rings is 3. The number of hydrogen-bond acceptors (Lipinski definition) is 20. The molecule has 12 amide bonds. The van der Waals surface area contributed by atoms with Gasteiger partial charge in [-0.1, -0.05) is 119 Å². The van der Waals surface area contributed by atoms with E-state index in [0.29, 0.717) is 82.7 Å². The van der Waals surface area contributed by atoms with Gasteiger partial charge in [0.25, 0.3) is 0 Å². The topological polar surface area (TPSA) is 529 Å². The second-order valence-corrected chi connectivity index (χ2v) is 29.8. The summed E-state index contributed by atoms with van der Waals surface area (Å²) < 4.78 is 11.0. The van der Waals surface area contributed by atoms with Crippen molar-refractivity contribution in [3.05, 3.63) is 108 Å². The van der Waals surface area contributed by atoms with Crippen molar-refractivity contribution in [2.45, 2.75) is 249 Å². The molecule has 32 heteroatoms. The number of unbranched alkanes of at least 4 members (excludes halogenated alkanes) is 6. The third-order valence-corrected chi connectivity index (χ3v) is 19.4. The van der Waals surface area contributed by atoms with Crippen LogP contribution in [0.4, 0.5) is 4.79 Å². The number of alkyl carbamates (subject to hydrolysis) is 1. The Labute approximate surface area is 671 Å². The molecule has 0 saturated heterocycles. The number of rotatable bonds is 58. The second-order valence-electron chi connectivity index (χ2n) is 29.8. The lowest BCUT2D eigenvalue weighted by atomic mass is 9.98. The molecule has 1 aliphatic carbocycles. The Morgan fingerprint density at radius 3 is 1.08 bits per heavy atom. The summed E-state index contributed by atoms with van der Waals surface area (Å²) in [5.74, 6) is -9.54. The first kappa shape index (κ1) is 96.5. The summed E-state index contributed by atoms with van der Waals surface area (Å²) in [6.45, 7) is 13.5. The van der Waals surface area contributed by atoms with E-state index in [1.807, 2.05) is 62.4 Å². The van der Waals surface area contributed by atoms with Gasteiger partial charge < -0.3 is 102 Å². The van der Waals surface area contributed by atoms with E-state index in [1.165, 1.54) is 13.0 Å². The smallest absolute Gasteiger partial charge is 0.407 e. The molecule has 1 aliphatic rings. The van der Waals surface area contributed by atoms with Gasteiger partial charge in [0.15, 0.2) is 0 Å². The van der Waals surface area contributed by atoms with Crippen molar-refractivity contribution >= 4 is 77.0 Å². The van der Waals surface area contributed by atoms with Crippen LogP contribution in [0.3, 0.4) is 0 Å². The maximum Gasteiger partial charge on any atom is 0.407 e. The van der Waals surface area contributed by atoms with Crippen molar-refractivity contribution in [3.8, 4) is 11.1 Å². The summed E-state index contributed by atoms with van der Waals surface area (Å²) in [6.07, 6.45) is 4.94. The van der Waals surface area contributed by atoms with E-state index in [0.717, 1.165) is 22.3 Å². The molecule has 0 unspecified atom stereocenters. The molecular formula is C82H129N17O15. The number of primary amides is 1. The highest BCUT2D eigenvalue weighted by atomic mass is 16.5. The Balaban J connectivity index is 1.65. The van der Waals surface area contributed by atoms with E-state index in [4.69, 9.17) is 43.9 Å². The van der Waals surface area contributed by atoms with Crippen LogP contribution < -0.4 is 92.9 Å². The van der Waals surface area contributed by atoms with Gasteiger partial charge in [-0.15, -0.1) is 0 Å². The first-order valence-corrected chi connectivity index (χ1v) is 40.4. The molecule has 0 saturated carbocycles. The lowest BCUT2D eigenvalue weighted by molar-refractivity contribution is -0.147. The fourth-order valence-electron chi connectivity index (χ4n) is 13.3. The van der Waals surface area contributed by atoms with Crippen LogP contribution in [0.5, 0.6) is 0 Å². The van der Waals surface area contributed by atoms with Crippen LogP contribution >= 0.6 is 0 Å². The van der Waals surface area contributed by atoms with E-state index >= 15 is 14.4 Å². The van der Waals surface area contributed by atoms with Crippen molar-refractivity contribution in [2.24, 2.45) is 46.2 Å². The van der Waals surface area contributed by atoms with Gasteiger partial charge in [-0.3, -0.25) is 52.7 Å². The minimum atomic E-state index is -1.44. The Hall–Kier alpha value is -9.89. The minimum absolute atomic E-state index is 0.00442. The molecule has 23 N–H and O–H groups in total. The van der Waals surface area contributed by atoms with E-state index in [-0.39, 0.29) is 147 Å². The number of fused-ring (bicyclic) bond motifs is 3. The Morgan fingerprint density at radius 1 is 0.395 bits per heavy atom. The lowest BCUT2D eigenvalue weighted by Crippen LogP contribution is -2.61. The fourth-order valence-corrected chi connectivity index (χ4v) is 13.3. The van der Waals surface area contributed by atoms with Gasteiger partial charge in [0.05, 0.1) is 0 Å². The van der Waals surface area contributed by atoms with Crippen LogP contribution in [0.2, 0.25) is 0 Å². The molecule has 0 radical (unpaired) electrons. The quantitative estimate of drug-likeness (QED) is 0.0219. The third kappa shape index (κ3) is 35.7.